The third kappa shape index (κ3) is 2.87. The molecule has 1 aliphatic rings. The molecule has 0 aliphatic carbocycles. The number of nitrogens with zero attached hydrogens (tertiary/aromatic N) is 2. The second-order valence-corrected chi connectivity index (χ2v) is 6.28. The zero-order chi connectivity index (χ0) is 16.4. The van der Waals surface area contributed by atoms with E-state index in [-0.39, 0.29) is 12.1 Å². The van der Waals surface area contributed by atoms with Crippen molar-refractivity contribution >= 4 is 16.9 Å². The summed E-state index contributed by atoms with van der Waals surface area (Å²) in [5.41, 5.74) is 3.19. The predicted molar refractivity (Wildman–Crippen MR) is 92.4 cm³/mol. The summed E-state index contributed by atoms with van der Waals surface area (Å²) < 4.78 is 0. The number of carbonyl (C=O) groups is 1. The summed E-state index contributed by atoms with van der Waals surface area (Å²) in [5.74, 6) is 0. The molecule has 1 aliphatic heterocycles. The van der Waals surface area contributed by atoms with E-state index in [1.165, 1.54) is 0 Å². The van der Waals surface area contributed by atoms with Crippen LogP contribution in [0.3, 0.4) is 0 Å². The fraction of sp³-hybridized carbons (Fsp3) is 0.333. The molecule has 6 heteroatoms. The van der Waals surface area contributed by atoms with Crippen LogP contribution in [0.1, 0.15) is 36.6 Å². The van der Waals surface area contributed by atoms with Crippen LogP contribution < -0.4 is 5.32 Å². The van der Waals surface area contributed by atoms with Gasteiger partial charge in [0, 0.05) is 29.5 Å². The number of urea groups is 1. The monoisotopic (exact) mass is 323 g/mol. The molecule has 1 fully saturated rings. The highest BCUT2D eigenvalue weighted by molar-refractivity contribution is 5.80. The number of piperidine rings is 1. The molecule has 3 N–H and O–H groups in total. The maximum Gasteiger partial charge on any atom is 0.318 e. The van der Waals surface area contributed by atoms with Gasteiger partial charge in [-0.1, -0.05) is 18.2 Å². The van der Waals surface area contributed by atoms with Gasteiger partial charge in [-0.2, -0.15) is 5.10 Å². The van der Waals surface area contributed by atoms with Crippen molar-refractivity contribution in [1.82, 2.24) is 25.4 Å². The first-order valence-electron chi connectivity index (χ1n) is 8.41. The third-order valence-electron chi connectivity index (χ3n) is 4.68. The number of nitrogens with one attached hydrogen (secondary N) is 3. The van der Waals surface area contributed by atoms with E-state index in [4.69, 9.17) is 0 Å². The summed E-state index contributed by atoms with van der Waals surface area (Å²) in [6.45, 7) is 1.29. The first kappa shape index (κ1) is 14.8. The first-order valence-corrected chi connectivity index (χ1v) is 8.41. The lowest BCUT2D eigenvalue weighted by molar-refractivity contribution is 0.151. The zero-order valence-corrected chi connectivity index (χ0v) is 13.5. The minimum atomic E-state index is -0.0143. The van der Waals surface area contributed by atoms with Crippen molar-refractivity contribution in [2.45, 2.75) is 31.8 Å². The van der Waals surface area contributed by atoms with Gasteiger partial charge in [-0.15, -0.1) is 0 Å². The molecule has 2 aromatic heterocycles. The Morgan fingerprint density at radius 3 is 3.08 bits per heavy atom. The fourth-order valence-corrected chi connectivity index (χ4v) is 3.47. The maximum atomic E-state index is 12.7. The Labute approximate surface area is 140 Å². The van der Waals surface area contributed by atoms with Gasteiger partial charge in [0.1, 0.15) is 0 Å². The topological polar surface area (TPSA) is 76.8 Å². The van der Waals surface area contributed by atoms with Crippen molar-refractivity contribution in [3.8, 4) is 0 Å². The second kappa shape index (κ2) is 6.39. The summed E-state index contributed by atoms with van der Waals surface area (Å²) in [6, 6.07) is 10.3. The van der Waals surface area contributed by atoms with Gasteiger partial charge in [0.15, 0.2) is 0 Å². The molecular weight excluding hydrogens is 302 g/mol. The number of aromatic nitrogens is 3. The lowest BCUT2D eigenvalue weighted by atomic mass is 9.98. The number of rotatable bonds is 3. The third-order valence-corrected chi connectivity index (χ3v) is 4.68. The predicted octanol–water partition coefficient (Wildman–Crippen LogP) is 3.33. The molecule has 0 saturated carbocycles. The number of H-pyrrole nitrogens is 2. The van der Waals surface area contributed by atoms with Crippen LogP contribution in [0, 0.1) is 0 Å². The van der Waals surface area contributed by atoms with Crippen LogP contribution in [0.2, 0.25) is 0 Å². The minimum absolute atomic E-state index is 0.0143. The lowest BCUT2D eigenvalue weighted by Crippen LogP contribution is -2.44. The molecule has 6 nitrogen and oxygen atoms in total. The Bertz CT molecular complexity index is 790. The molecule has 4 rings (SSSR count). The van der Waals surface area contributed by atoms with Gasteiger partial charge < -0.3 is 15.2 Å². The van der Waals surface area contributed by atoms with E-state index in [0.717, 1.165) is 48.0 Å². The number of hydrogen-bond donors (Lipinski definition) is 3. The molecule has 0 spiro atoms. The molecule has 1 saturated heterocycles. The highest BCUT2D eigenvalue weighted by atomic mass is 16.2. The largest absolute Gasteiger partial charge is 0.357 e. The SMILES string of the molecule is O=C(NCc1cc2ccccc2[nH]1)N1CCCC[C@@H]1c1cn[nH]c1. The first-order chi connectivity index (χ1) is 11.8. The van der Waals surface area contributed by atoms with E-state index >= 15 is 0 Å². The van der Waals surface area contributed by atoms with Crippen LogP contribution in [0.5, 0.6) is 0 Å². The van der Waals surface area contributed by atoms with Crippen LogP contribution in [0.15, 0.2) is 42.7 Å². The van der Waals surface area contributed by atoms with Crippen LogP contribution >= 0.6 is 0 Å². The van der Waals surface area contributed by atoms with Crippen molar-refractivity contribution in [3.63, 3.8) is 0 Å². The number of likely N-dealkylation sites (tertiary alicyclic amines) is 1. The molecule has 1 aromatic carbocycles. The highest BCUT2D eigenvalue weighted by Gasteiger charge is 2.28. The van der Waals surface area contributed by atoms with Crippen LogP contribution in [0.4, 0.5) is 4.79 Å². The molecule has 1 atom stereocenters. The Balaban J connectivity index is 1.44. The minimum Gasteiger partial charge on any atom is -0.357 e. The summed E-state index contributed by atoms with van der Waals surface area (Å²) >= 11 is 0. The summed E-state index contributed by atoms with van der Waals surface area (Å²) in [5, 5.41) is 11.1. The normalized spacial score (nSPS) is 18.0. The smallest absolute Gasteiger partial charge is 0.318 e. The van der Waals surface area contributed by atoms with Crippen molar-refractivity contribution in [2.75, 3.05) is 6.54 Å². The summed E-state index contributed by atoms with van der Waals surface area (Å²) in [4.78, 5) is 17.9. The number of fused-ring (bicyclic) bond motifs is 1. The number of carbonyl (C=O) groups excluding carboxylic acids is 1. The van der Waals surface area contributed by atoms with E-state index in [1.807, 2.05) is 35.5 Å². The van der Waals surface area contributed by atoms with E-state index in [0.29, 0.717) is 6.54 Å². The number of hydrogen-bond acceptors (Lipinski definition) is 2. The summed E-state index contributed by atoms with van der Waals surface area (Å²) in [7, 11) is 0. The van der Waals surface area contributed by atoms with E-state index < -0.39 is 0 Å². The van der Waals surface area contributed by atoms with Crippen molar-refractivity contribution in [1.29, 1.82) is 0 Å². The van der Waals surface area contributed by atoms with E-state index in [1.54, 1.807) is 0 Å². The van der Waals surface area contributed by atoms with Crippen LogP contribution in [0.25, 0.3) is 10.9 Å². The number of benzene rings is 1. The average Bonchev–Trinajstić information content (AvgIpc) is 3.28. The van der Waals surface area contributed by atoms with Gasteiger partial charge in [0.25, 0.3) is 0 Å². The van der Waals surface area contributed by atoms with Gasteiger partial charge in [-0.05, 0) is 36.8 Å². The van der Waals surface area contributed by atoms with Crippen LogP contribution in [-0.2, 0) is 6.54 Å². The molecule has 0 unspecified atom stereocenters. The molecule has 0 radical (unpaired) electrons. The number of aromatic amines is 2. The Hall–Kier alpha value is -2.76. The van der Waals surface area contributed by atoms with Crippen molar-refractivity contribution < 1.29 is 4.79 Å². The fourth-order valence-electron chi connectivity index (χ4n) is 3.47. The maximum absolute atomic E-state index is 12.7. The van der Waals surface area contributed by atoms with Crippen LogP contribution in [-0.4, -0.2) is 32.7 Å². The number of para-hydroxylation sites is 1. The van der Waals surface area contributed by atoms with Gasteiger partial charge >= 0.3 is 6.03 Å². The Morgan fingerprint density at radius 2 is 2.25 bits per heavy atom. The second-order valence-electron chi connectivity index (χ2n) is 6.28. The molecule has 24 heavy (non-hydrogen) atoms. The van der Waals surface area contributed by atoms with Crippen molar-refractivity contribution in [3.05, 3.63) is 54.0 Å². The molecule has 124 valence electrons. The highest BCUT2D eigenvalue weighted by Crippen LogP contribution is 2.30. The molecule has 3 aromatic rings. The van der Waals surface area contributed by atoms with Gasteiger partial charge in [0.05, 0.1) is 18.8 Å². The average molecular weight is 323 g/mol. The Kier molecular flexibility index (Phi) is 3.94. The van der Waals surface area contributed by atoms with Crippen molar-refractivity contribution in [2.24, 2.45) is 0 Å². The van der Waals surface area contributed by atoms with Gasteiger partial charge in [0.2, 0.25) is 0 Å². The molecule has 3 heterocycles. The quantitative estimate of drug-likeness (QED) is 0.691. The zero-order valence-electron chi connectivity index (χ0n) is 13.5. The standard InChI is InChI=1S/C18H21N5O/c24-18(19-12-15-9-13-5-1-2-6-16(13)22-15)23-8-4-3-7-17(23)14-10-20-21-11-14/h1-2,5-6,9-11,17,22H,3-4,7-8,12H2,(H,19,24)(H,20,21)/t17-/m1/s1. The van der Waals surface area contributed by atoms with E-state index in [2.05, 4.69) is 32.6 Å². The Morgan fingerprint density at radius 1 is 1.33 bits per heavy atom. The number of amides is 2. The molecule has 2 amide bonds. The molecule has 0 bridgehead atoms. The molecular formula is C18H21N5O. The summed E-state index contributed by atoms with van der Waals surface area (Å²) in [6.07, 6.45) is 6.87. The lowest BCUT2D eigenvalue weighted by Gasteiger charge is -2.35. The van der Waals surface area contributed by atoms with E-state index in [9.17, 15) is 4.79 Å². The van der Waals surface area contributed by atoms with Gasteiger partial charge in [-0.25, -0.2) is 4.79 Å². The van der Waals surface area contributed by atoms with Gasteiger partial charge in [-0.3, -0.25) is 5.10 Å².